The number of anilines is 1. The zero-order valence-corrected chi connectivity index (χ0v) is 9.76. The van der Waals surface area contributed by atoms with E-state index in [9.17, 15) is 4.79 Å². The SMILES string of the molecule is CSCCOc1ccc(N)cc1C(C)=O. The van der Waals surface area contributed by atoms with E-state index in [2.05, 4.69) is 0 Å². The highest BCUT2D eigenvalue weighted by Crippen LogP contribution is 2.22. The summed E-state index contributed by atoms with van der Waals surface area (Å²) < 4.78 is 5.50. The summed E-state index contributed by atoms with van der Waals surface area (Å²) in [5.74, 6) is 1.49. The Morgan fingerprint density at radius 2 is 2.27 bits per heavy atom. The van der Waals surface area contributed by atoms with Crippen molar-refractivity contribution in [2.45, 2.75) is 6.92 Å². The number of hydrogen-bond donors (Lipinski definition) is 1. The number of carbonyl (C=O) groups is 1. The van der Waals surface area contributed by atoms with Crippen LogP contribution in [-0.4, -0.2) is 24.4 Å². The molecular formula is C11H15NO2S. The molecule has 0 amide bonds. The molecule has 0 saturated heterocycles. The van der Waals surface area contributed by atoms with Gasteiger partial charge in [0.05, 0.1) is 12.2 Å². The Morgan fingerprint density at radius 3 is 2.87 bits per heavy atom. The molecule has 0 aliphatic heterocycles. The summed E-state index contributed by atoms with van der Waals surface area (Å²) in [6.07, 6.45) is 2.01. The van der Waals surface area contributed by atoms with Gasteiger partial charge in [-0.15, -0.1) is 0 Å². The monoisotopic (exact) mass is 225 g/mol. The number of benzene rings is 1. The second-order valence-electron chi connectivity index (χ2n) is 3.15. The molecule has 1 aromatic carbocycles. The lowest BCUT2D eigenvalue weighted by molar-refractivity contribution is 0.101. The third kappa shape index (κ3) is 3.47. The molecule has 0 saturated carbocycles. The number of nitrogens with two attached hydrogens (primary N) is 1. The first-order chi connectivity index (χ1) is 7.15. The molecule has 0 aliphatic carbocycles. The molecule has 0 atom stereocenters. The van der Waals surface area contributed by atoms with Gasteiger partial charge in [-0.3, -0.25) is 4.79 Å². The molecule has 82 valence electrons. The van der Waals surface area contributed by atoms with Crippen LogP contribution in [0, 0.1) is 0 Å². The zero-order chi connectivity index (χ0) is 11.3. The van der Waals surface area contributed by atoms with Gasteiger partial charge in [0.1, 0.15) is 5.75 Å². The van der Waals surface area contributed by atoms with E-state index in [4.69, 9.17) is 10.5 Å². The molecule has 0 aliphatic rings. The van der Waals surface area contributed by atoms with E-state index in [-0.39, 0.29) is 5.78 Å². The van der Waals surface area contributed by atoms with E-state index in [1.165, 1.54) is 6.92 Å². The van der Waals surface area contributed by atoms with Gasteiger partial charge in [0.15, 0.2) is 5.78 Å². The molecular weight excluding hydrogens is 210 g/mol. The van der Waals surface area contributed by atoms with Crippen molar-refractivity contribution < 1.29 is 9.53 Å². The average Bonchev–Trinajstić information content (AvgIpc) is 2.20. The van der Waals surface area contributed by atoms with E-state index < -0.39 is 0 Å². The lowest BCUT2D eigenvalue weighted by atomic mass is 10.1. The zero-order valence-electron chi connectivity index (χ0n) is 8.95. The van der Waals surface area contributed by atoms with Crippen LogP contribution < -0.4 is 10.5 Å². The van der Waals surface area contributed by atoms with Crippen LogP contribution >= 0.6 is 11.8 Å². The summed E-state index contributed by atoms with van der Waals surface area (Å²) >= 11 is 1.70. The predicted molar refractivity (Wildman–Crippen MR) is 64.7 cm³/mol. The Balaban J connectivity index is 2.81. The predicted octanol–water partition coefficient (Wildman–Crippen LogP) is 2.21. The van der Waals surface area contributed by atoms with Crippen LogP contribution in [0.5, 0.6) is 5.75 Å². The quantitative estimate of drug-likeness (QED) is 0.474. The normalized spacial score (nSPS) is 10.0. The fourth-order valence-corrected chi connectivity index (χ4v) is 1.43. The van der Waals surface area contributed by atoms with Crippen molar-refractivity contribution in [3.05, 3.63) is 23.8 Å². The van der Waals surface area contributed by atoms with Gasteiger partial charge in [0, 0.05) is 11.4 Å². The maximum absolute atomic E-state index is 11.3. The van der Waals surface area contributed by atoms with Crippen molar-refractivity contribution >= 4 is 23.2 Å². The van der Waals surface area contributed by atoms with Crippen molar-refractivity contribution in [1.82, 2.24) is 0 Å². The van der Waals surface area contributed by atoms with Crippen LogP contribution in [0.15, 0.2) is 18.2 Å². The first-order valence-corrected chi connectivity index (χ1v) is 6.06. The minimum atomic E-state index is -0.0264. The Hall–Kier alpha value is -1.16. The van der Waals surface area contributed by atoms with E-state index in [0.717, 1.165) is 5.75 Å². The number of Topliss-reactive ketones (excluding diaryl/α,β-unsaturated/α-hetero) is 1. The van der Waals surface area contributed by atoms with Crippen LogP contribution in [-0.2, 0) is 0 Å². The molecule has 2 N–H and O–H groups in total. The van der Waals surface area contributed by atoms with Crippen molar-refractivity contribution in [3.63, 3.8) is 0 Å². The summed E-state index contributed by atoms with van der Waals surface area (Å²) in [6.45, 7) is 2.11. The molecule has 0 unspecified atom stereocenters. The van der Waals surface area contributed by atoms with Crippen molar-refractivity contribution in [3.8, 4) is 5.75 Å². The van der Waals surface area contributed by atoms with Gasteiger partial charge in [0.2, 0.25) is 0 Å². The fourth-order valence-electron chi connectivity index (χ4n) is 1.18. The largest absolute Gasteiger partial charge is 0.492 e. The van der Waals surface area contributed by atoms with Gasteiger partial charge in [0.25, 0.3) is 0 Å². The highest BCUT2D eigenvalue weighted by atomic mass is 32.2. The number of carbonyl (C=O) groups excluding carboxylic acids is 1. The maximum atomic E-state index is 11.3. The Kier molecular flexibility index (Phi) is 4.49. The molecule has 3 nitrogen and oxygen atoms in total. The first-order valence-electron chi connectivity index (χ1n) is 4.67. The molecule has 0 spiro atoms. The molecule has 1 rings (SSSR count). The van der Waals surface area contributed by atoms with Crippen molar-refractivity contribution in [2.24, 2.45) is 0 Å². The highest BCUT2D eigenvalue weighted by Gasteiger charge is 2.08. The number of rotatable bonds is 5. The van der Waals surface area contributed by atoms with E-state index in [0.29, 0.717) is 23.6 Å². The molecule has 0 fully saturated rings. The smallest absolute Gasteiger partial charge is 0.163 e. The van der Waals surface area contributed by atoms with Gasteiger partial charge in [-0.1, -0.05) is 0 Å². The topological polar surface area (TPSA) is 52.3 Å². The molecule has 0 heterocycles. The first kappa shape index (κ1) is 11.9. The third-order valence-electron chi connectivity index (χ3n) is 1.93. The molecule has 0 bridgehead atoms. The minimum Gasteiger partial charge on any atom is -0.492 e. The third-order valence-corrected chi connectivity index (χ3v) is 2.50. The summed E-state index contributed by atoms with van der Waals surface area (Å²) in [5, 5.41) is 0. The van der Waals surface area contributed by atoms with E-state index in [1.54, 1.807) is 30.0 Å². The second kappa shape index (κ2) is 5.66. The second-order valence-corrected chi connectivity index (χ2v) is 4.14. The van der Waals surface area contributed by atoms with Crippen LogP contribution in [0.25, 0.3) is 0 Å². The highest BCUT2D eigenvalue weighted by molar-refractivity contribution is 7.98. The standard InChI is InChI=1S/C11H15NO2S/c1-8(13)10-7-9(12)3-4-11(10)14-5-6-15-2/h3-4,7H,5-6,12H2,1-2H3. The number of hydrogen-bond acceptors (Lipinski definition) is 4. The van der Waals surface area contributed by atoms with E-state index in [1.807, 2.05) is 6.26 Å². The van der Waals surface area contributed by atoms with Gasteiger partial charge in [-0.2, -0.15) is 11.8 Å². The van der Waals surface area contributed by atoms with Gasteiger partial charge in [-0.05, 0) is 31.4 Å². The number of ketones is 1. The van der Waals surface area contributed by atoms with Gasteiger partial charge in [-0.25, -0.2) is 0 Å². The lowest BCUT2D eigenvalue weighted by Gasteiger charge is -2.09. The Labute approximate surface area is 94.0 Å². The van der Waals surface area contributed by atoms with Crippen LogP contribution in [0.4, 0.5) is 5.69 Å². The van der Waals surface area contributed by atoms with Crippen molar-refractivity contribution in [2.75, 3.05) is 24.3 Å². The summed E-state index contributed by atoms with van der Waals surface area (Å²) in [5.41, 5.74) is 6.74. The molecule has 1 aromatic rings. The van der Waals surface area contributed by atoms with Crippen LogP contribution in [0.2, 0.25) is 0 Å². The molecule has 15 heavy (non-hydrogen) atoms. The van der Waals surface area contributed by atoms with Crippen LogP contribution in [0.1, 0.15) is 17.3 Å². The minimum absolute atomic E-state index is 0.0264. The molecule has 4 heteroatoms. The molecule has 0 radical (unpaired) electrons. The Bertz CT molecular complexity index is 352. The Morgan fingerprint density at radius 1 is 1.53 bits per heavy atom. The molecule has 0 aromatic heterocycles. The van der Waals surface area contributed by atoms with Gasteiger partial charge >= 0.3 is 0 Å². The fraction of sp³-hybridized carbons (Fsp3) is 0.364. The number of thioether (sulfide) groups is 1. The number of ether oxygens (including phenoxy) is 1. The summed E-state index contributed by atoms with van der Waals surface area (Å²) in [7, 11) is 0. The van der Waals surface area contributed by atoms with E-state index >= 15 is 0 Å². The van der Waals surface area contributed by atoms with Crippen molar-refractivity contribution in [1.29, 1.82) is 0 Å². The summed E-state index contributed by atoms with van der Waals surface area (Å²) in [6, 6.07) is 5.13. The lowest BCUT2D eigenvalue weighted by Crippen LogP contribution is -2.05. The van der Waals surface area contributed by atoms with Gasteiger partial charge < -0.3 is 10.5 Å². The maximum Gasteiger partial charge on any atom is 0.163 e. The summed E-state index contributed by atoms with van der Waals surface area (Å²) in [4.78, 5) is 11.3. The average molecular weight is 225 g/mol. The number of nitrogen functional groups attached to an aromatic ring is 1. The van der Waals surface area contributed by atoms with Crippen LogP contribution in [0.3, 0.4) is 0 Å².